The molecule has 4 heterocycles. The first-order valence-electron chi connectivity index (χ1n) is 10.2. The van der Waals surface area contributed by atoms with Gasteiger partial charge in [0.1, 0.15) is 21.9 Å². The van der Waals surface area contributed by atoms with Crippen molar-refractivity contribution in [3.63, 3.8) is 0 Å². The van der Waals surface area contributed by atoms with Gasteiger partial charge in [0.15, 0.2) is 23.0 Å². The highest BCUT2D eigenvalue weighted by atomic mass is 35.5. The first-order chi connectivity index (χ1) is 17.0. The third kappa shape index (κ3) is 4.49. The molecule has 3 aromatic heterocycles. The van der Waals surface area contributed by atoms with Crippen molar-refractivity contribution in [2.75, 3.05) is 12.4 Å². The number of aryl methyl sites for hydroxylation is 2. The maximum atomic E-state index is 13.2. The number of halogens is 4. The SMILES string of the molecule is CNC1=NC=CN/C1=C(\C=N)Oc1cnc2nc(Nc3cc(C(F)(F)F)cn(C)c3=O)n(C)c2c1Cl. The second-order valence-corrected chi connectivity index (χ2v) is 7.84. The number of pyridine rings is 2. The number of imidazole rings is 1. The van der Waals surface area contributed by atoms with E-state index in [0.29, 0.717) is 23.8 Å². The van der Waals surface area contributed by atoms with Crippen LogP contribution in [0.2, 0.25) is 5.02 Å². The van der Waals surface area contributed by atoms with Gasteiger partial charge in [0.25, 0.3) is 5.56 Å². The van der Waals surface area contributed by atoms with Gasteiger partial charge in [0.05, 0.1) is 18.0 Å². The fourth-order valence-electron chi connectivity index (χ4n) is 3.39. The lowest BCUT2D eigenvalue weighted by Crippen LogP contribution is -2.31. The molecule has 0 saturated carbocycles. The van der Waals surface area contributed by atoms with E-state index < -0.39 is 17.3 Å². The Morgan fingerprint density at radius 3 is 2.75 bits per heavy atom. The van der Waals surface area contributed by atoms with Gasteiger partial charge in [-0.2, -0.15) is 18.2 Å². The number of aromatic nitrogens is 4. The van der Waals surface area contributed by atoms with E-state index in [0.717, 1.165) is 10.8 Å². The number of alkyl halides is 3. The summed E-state index contributed by atoms with van der Waals surface area (Å²) in [6, 6.07) is 0.709. The van der Waals surface area contributed by atoms with E-state index in [2.05, 4.69) is 30.9 Å². The van der Waals surface area contributed by atoms with E-state index in [-0.39, 0.29) is 39.3 Å². The molecule has 0 amide bonds. The van der Waals surface area contributed by atoms with Gasteiger partial charge in [0.2, 0.25) is 5.95 Å². The van der Waals surface area contributed by atoms with Crippen molar-refractivity contribution in [3.8, 4) is 5.75 Å². The molecule has 1 aliphatic rings. The van der Waals surface area contributed by atoms with Gasteiger partial charge >= 0.3 is 6.18 Å². The Morgan fingerprint density at radius 1 is 1.33 bits per heavy atom. The molecule has 0 fully saturated rings. The zero-order valence-electron chi connectivity index (χ0n) is 19.0. The van der Waals surface area contributed by atoms with E-state index in [1.165, 1.54) is 24.0 Å². The fourth-order valence-corrected chi connectivity index (χ4v) is 3.68. The number of allylic oxidation sites excluding steroid dienone is 1. The minimum Gasteiger partial charge on any atom is -0.450 e. The second-order valence-electron chi connectivity index (χ2n) is 7.46. The van der Waals surface area contributed by atoms with Crippen LogP contribution in [0.4, 0.5) is 24.8 Å². The molecule has 15 heteroatoms. The molecule has 188 valence electrons. The summed E-state index contributed by atoms with van der Waals surface area (Å²) in [5, 5.41) is 16.3. The van der Waals surface area contributed by atoms with Crippen molar-refractivity contribution in [2.24, 2.45) is 19.1 Å². The first-order valence-corrected chi connectivity index (χ1v) is 10.6. The Hall–Kier alpha value is -4.33. The lowest BCUT2D eigenvalue weighted by atomic mass is 10.2. The number of nitrogens with one attached hydrogen (secondary N) is 4. The van der Waals surface area contributed by atoms with Crippen LogP contribution < -0.4 is 26.2 Å². The largest absolute Gasteiger partial charge is 0.450 e. The van der Waals surface area contributed by atoms with E-state index in [9.17, 15) is 18.0 Å². The quantitative estimate of drug-likeness (QED) is 0.299. The van der Waals surface area contributed by atoms with Gasteiger partial charge in [-0.25, -0.2) is 9.98 Å². The van der Waals surface area contributed by atoms with Crippen molar-refractivity contribution in [1.82, 2.24) is 29.7 Å². The molecule has 0 aromatic carbocycles. The van der Waals surface area contributed by atoms with Crippen molar-refractivity contribution >= 4 is 46.5 Å². The molecule has 11 nitrogen and oxygen atoms in total. The molecule has 1 aliphatic heterocycles. The zero-order valence-corrected chi connectivity index (χ0v) is 19.8. The summed E-state index contributed by atoms with van der Waals surface area (Å²) in [6.45, 7) is 0. The van der Waals surface area contributed by atoms with E-state index >= 15 is 0 Å². The summed E-state index contributed by atoms with van der Waals surface area (Å²) in [7, 11) is 4.42. The molecular formula is C21H19ClF3N9O2. The molecule has 0 spiro atoms. The Morgan fingerprint density at radius 2 is 2.08 bits per heavy atom. The Balaban J connectivity index is 1.74. The lowest BCUT2D eigenvalue weighted by Gasteiger charge is -2.17. The summed E-state index contributed by atoms with van der Waals surface area (Å²) in [6.07, 6.45) is 1.41. The number of amidine groups is 1. The zero-order chi connectivity index (χ0) is 26.2. The number of fused-ring (bicyclic) bond motifs is 1. The normalized spacial score (nSPS) is 14.8. The van der Waals surface area contributed by atoms with Crippen LogP contribution in [-0.2, 0) is 20.3 Å². The van der Waals surface area contributed by atoms with Gasteiger partial charge in [-0.05, 0) is 6.07 Å². The molecule has 4 N–H and O–H groups in total. The number of anilines is 2. The predicted octanol–water partition coefficient (Wildman–Crippen LogP) is 3.02. The minimum absolute atomic E-state index is 0.0299. The smallest absolute Gasteiger partial charge is 0.417 e. The van der Waals surface area contributed by atoms with Crippen LogP contribution in [0.15, 0.2) is 52.1 Å². The molecule has 0 saturated heterocycles. The van der Waals surface area contributed by atoms with Crippen molar-refractivity contribution in [2.45, 2.75) is 6.18 Å². The Bertz CT molecular complexity index is 1520. The third-order valence-electron chi connectivity index (χ3n) is 5.14. The van der Waals surface area contributed by atoms with Crippen molar-refractivity contribution < 1.29 is 17.9 Å². The van der Waals surface area contributed by atoms with E-state index in [1.807, 2.05) is 0 Å². The third-order valence-corrected chi connectivity index (χ3v) is 5.50. The van der Waals surface area contributed by atoms with Crippen LogP contribution in [-0.4, -0.2) is 38.2 Å². The summed E-state index contributed by atoms with van der Waals surface area (Å²) < 4.78 is 47.8. The van der Waals surface area contributed by atoms with E-state index in [4.69, 9.17) is 21.7 Å². The maximum absolute atomic E-state index is 13.2. The van der Waals surface area contributed by atoms with Crippen LogP contribution in [0.3, 0.4) is 0 Å². The standard InChI is InChI=1S/C21H19ClF3N9O2/c1-27-17-15(28-4-5-29-17)12(7-26)36-13-8-30-18-16(14(13)22)34(3)20(32-18)31-11-6-10(21(23,24)25)9-33(2)19(11)35/h4-9,26,28H,1-3H3,(H,27,29)(H,30,31,32)/b15-12+,26-7?. The molecule has 4 rings (SSSR count). The summed E-state index contributed by atoms with van der Waals surface area (Å²) in [5.41, 5.74) is -1.18. The molecule has 0 unspecified atom stereocenters. The highest BCUT2D eigenvalue weighted by molar-refractivity contribution is 6.36. The first kappa shape index (κ1) is 24.8. The van der Waals surface area contributed by atoms with Crippen molar-refractivity contribution in [1.29, 1.82) is 5.41 Å². The van der Waals surface area contributed by atoms with Crippen LogP contribution in [0, 0.1) is 5.41 Å². The molecule has 0 radical (unpaired) electrons. The van der Waals surface area contributed by atoms with Crippen LogP contribution in [0.25, 0.3) is 11.2 Å². The molecule has 3 aromatic rings. The number of hydrogen-bond donors (Lipinski definition) is 4. The maximum Gasteiger partial charge on any atom is 0.417 e. The van der Waals surface area contributed by atoms with Gasteiger partial charge in [-0.1, -0.05) is 11.6 Å². The number of nitrogens with zero attached hydrogens (tertiary/aromatic N) is 5. The van der Waals surface area contributed by atoms with Crippen LogP contribution >= 0.6 is 11.6 Å². The Labute approximate surface area is 206 Å². The van der Waals surface area contributed by atoms with Gasteiger partial charge in [0, 0.05) is 39.7 Å². The number of rotatable bonds is 5. The van der Waals surface area contributed by atoms with E-state index in [1.54, 1.807) is 20.3 Å². The lowest BCUT2D eigenvalue weighted by molar-refractivity contribution is -0.138. The number of ether oxygens (including phenoxy) is 1. The average Bonchev–Trinajstić information content (AvgIpc) is 3.16. The topological polar surface area (TPSA) is 134 Å². The highest BCUT2D eigenvalue weighted by Gasteiger charge is 2.32. The predicted molar refractivity (Wildman–Crippen MR) is 129 cm³/mol. The fraction of sp³-hybridized carbons (Fsp3) is 0.190. The monoisotopic (exact) mass is 521 g/mol. The van der Waals surface area contributed by atoms with Crippen molar-refractivity contribution in [3.05, 3.63) is 63.3 Å². The number of likely N-dealkylation sites (N-methyl/N-ethyl adjacent to an activating group) is 1. The van der Waals surface area contributed by atoms with Crippen LogP contribution in [0.5, 0.6) is 5.75 Å². The number of hydrogen-bond acceptors (Lipinski definition) is 9. The molecule has 0 aliphatic carbocycles. The Kier molecular flexibility index (Phi) is 6.45. The van der Waals surface area contributed by atoms with Gasteiger partial charge in [-0.3, -0.25) is 4.79 Å². The second kappa shape index (κ2) is 9.37. The summed E-state index contributed by atoms with van der Waals surface area (Å²) >= 11 is 6.57. The number of aliphatic imine (C=N–C) groups is 1. The van der Waals surface area contributed by atoms with Gasteiger partial charge in [-0.15, -0.1) is 0 Å². The molecule has 0 atom stereocenters. The van der Waals surface area contributed by atoms with Crippen LogP contribution in [0.1, 0.15) is 5.56 Å². The highest BCUT2D eigenvalue weighted by Crippen LogP contribution is 2.35. The summed E-state index contributed by atoms with van der Waals surface area (Å²) in [5.74, 6) is 0.633. The molecule has 0 bridgehead atoms. The molecule has 36 heavy (non-hydrogen) atoms. The summed E-state index contributed by atoms with van der Waals surface area (Å²) in [4.78, 5) is 25.1. The minimum atomic E-state index is -4.65. The molecular weight excluding hydrogens is 503 g/mol. The van der Waals surface area contributed by atoms with Gasteiger partial charge < -0.3 is 35.2 Å². The average molecular weight is 522 g/mol.